The summed E-state index contributed by atoms with van der Waals surface area (Å²) in [6.07, 6.45) is 3.86. The van der Waals surface area contributed by atoms with Gasteiger partial charge in [-0.15, -0.1) is 0 Å². The Morgan fingerprint density at radius 3 is 2.61 bits per heavy atom. The maximum absolute atomic E-state index is 12.9. The lowest BCUT2D eigenvalue weighted by atomic mass is 9.97. The van der Waals surface area contributed by atoms with Crippen LogP contribution in [0.3, 0.4) is 0 Å². The van der Waals surface area contributed by atoms with E-state index in [4.69, 9.17) is 9.47 Å². The van der Waals surface area contributed by atoms with E-state index < -0.39 is 53.7 Å². The van der Waals surface area contributed by atoms with Crippen LogP contribution >= 0.6 is 11.8 Å². The van der Waals surface area contributed by atoms with E-state index in [0.717, 1.165) is 12.8 Å². The fourth-order valence-electron chi connectivity index (χ4n) is 3.42. The van der Waals surface area contributed by atoms with Gasteiger partial charge >= 0.3 is 6.09 Å². The monoisotopic (exact) mass is 558 g/mol. The zero-order chi connectivity index (χ0) is 28.7. The van der Waals surface area contributed by atoms with Gasteiger partial charge in [0.15, 0.2) is 0 Å². The fourth-order valence-corrected chi connectivity index (χ4v) is 4.30. The molecule has 0 radical (unpaired) electrons. The van der Waals surface area contributed by atoms with E-state index in [1.165, 1.54) is 18.7 Å². The van der Waals surface area contributed by atoms with Gasteiger partial charge in [0.05, 0.1) is 25.4 Å². The van der Waals surface area contributed by atoms with E-state index in [1.54, 1.807) is 33.8 Å². The lowest BCUT2D eigenvalue weighted by Gasteiger charge is -2.28. The van der Waals surface area contributed by atoms with Gasteiger partial charge in [-0.25, -0.2) is 4.79 Å². The molecule has 0 bridgehead atoms. The molecular formula is C26H46N4O7S. The molecule has 0 aromatic rings. The molecule has 5 atom stereocenters. The second-order valence-electron chi connectivity index (χ2n) is 10.4. The first-order valence-electron chi connectivity index (χ1n) is 13.2. The molecule has 1 aliphatic rings. The van der Waals surface area contributed by atoms with Gasteiger partial charge in [0.25, 0.3) is 0 Å². The average molecular weight is 559 g/mol. The first-order valence-corrected chi connectivity index (χ1v) is 14.4. The average Bonchev–Trinajstić information content (AvgIpc) is 2.82. The molecule has 218 valence electrons. The van der Waals surface area contributed by atoms with Gasteiger partial charge in [0, 0.05) is 24.0 Å². The summed E-state index contributed by atoms with van der Waals surface area (Å²) in [6, 6.07) is -2.67. The van der Waals surface area contributed by atoms with Crippen molar-refractivity contribution in [2.45, 2.75) is 90.6 Å². The van der Waals surface area contributed by atoms with E-state index in [-0.39, 0.29) is 31.3 Å². The van der Waals surface area contributed by atoms with Crippen molar-refractivity contribution in [3.8, 4) is 0 Å². The second kappa shape index (κ2) is 17.3. The molecule has 0 spiro atoms. The summed E-state index contributed by atoms with van der Waals surface area (Å²) in [5.74, 6) is -0.845. The van der Waals surface area contributed by atoms with Crippen molar-refractivity contribution in [3.63, 3.8) is 0 Å². The normalized spacial score (nSPS) is 24.4. The Morgan fingerprint density at radius 1 is 1.24 bits per heavy atom. The fraction of sp³-hybridized carbons (Fsp3) is 0.769. The lowest BCUT2D eigenvalue weighted by Crippen LogP contribution is -2.57. The number of alkyl carbamates (subject to hydrolysis) is 1. The number of nitrogens with one attached hydrogen (secondary N) is 4. The van der Waals surface area contributed by atoms with Crippen molar-refractivity contribution in [1.29, 1.82) is 0 Å². The standard InChI is InChI=1S/C26H46N4O7S/c1-7-8-11-27-22(32)17(2)14-21(31)19-15-36-12-9-10-13-38-16-20(30-25(35)37-26(4,5)6)24(34)28-18(3)23(33)29-19/h9-10,17-21,31H,7-8,11-16H2,1-6H3,(H,27,32)(H,28,34)(H,29,33)(H,30,35)/b10-9-/t17-,18+,19+,20+,21+/m1/s1. The number of unbranched alkanes of at least 4 members (excludes halogenated alkanes) is 1. The highest BCUT2D eigenvalue weighted by atomic mass is 32.2. The third kappa shape index (κ3) is 14.0. The van der Waals surface area contributed by atoms with E-state index in [0.29, 0.717) is 12.3 Å². The highest BCUT2D eigenvalue weighted by Gasteiger charge is 2.30. The summed E-state index contributed by atoms with van der Waals surface area (Å²) < 4.78 is 10.9. The van der Waals surface area contributed by atoms with Crippen LogP contribution < -0.4 is 21.3 Å². The topological polar surface area (TPSA) is 155 Å². The molecule has 5 N–H and O–H groups in total. The molecule has 12 heteroatoms. The van der Waals surface area contributed by atoms with E-state index in [2.05, 4.69) is 21.3 Å². The highest BCUT2D eigenvalue weighted by Crippen LogP contribution is 2.12. The molecule has 0 aromatic carbocycles. The number of aliphatic hydroxyl groups is 1. The SMILES string of the molecule is CCCCNC(=O)[C@H](C)C[C@H](O)[C@@H]1COC/C=C\CSC[C@H](NC(=O)OC(C)(C)C)C(=O)N[C@@H](C)C(=O)N1. The summed E-state index contributed by atoms with van der Waals surface area (Å²) in [7, 11) is 0. The van der Waals surface area contributed by atoms with Crippen molar-refractivity contribution in [3.05, 3.63) is 12.2 Å². The maximum Gasteiger partial charge on any atom is 0.408 e. The number of rotatable bonds is 8. The zero-order valence-corrected chi connectivity index (χ0v) is 24.3. The number of carbonyl (C=O) groups excluding carboxylic acids is 4. The molecule has 0 saturated carbocycles. The molecule has 0 aliphatic carbocycles. The largest absolute Gasteiger partial charge is 0.444 e. The van der Waals surface area contributed by atoms with Crippen LogP contribution in [0.15, 0.2) is 12.2 Å². The van der Waals surface area contributed by atoms with Gasteiger partial charge < -0.3 is 35.8 Å². The molecule has 1 rings (SSSR count). The van der Waals surface area contributed by atoms with Crippen LogP contribution in [-0.2, 0) is 23.9 Å². The number of hydrogen-bond acceptors (Lipinski definition) is 8. The van der Waals surface area contributed by atoms with E-state index in [9.17, 15) is 24.3 Å². The molecular weight excluding hydrogens is 512 g/mol. The first kappa shape index (κ1) is 33.7. The zero-order valence-electron chi connectivity index (χ0n) is 23.5. The number of thioether (sulfide) groups is 1. The third-order valence-corrected chi connectivity index (χ3v) is 6.60. The molecule has 0 unspecified atom stereocenters. The summed E-state index contributed by atoms with van der Waals surface area (Å²) in [5, 5.41) is 21.7. The number of aliphatic hydroxyl groups excluding tert-OH is 1. The van der Waals surface area contributed by atoms with Gasteiger partial charge in [0.2, 0.25) is 17.7 Å². The van der Waals surface area contributed by atoms with Crippen molar-refractivity contribution in [2.75, 3.05) is 31.3 Å². The summed E-state index contributed by atoms with van der Waals surface area (Å²) in [6.45, 7) is 11.3. The van der Waals surface area contributed by atoms with Gasteiger partial charge in [-0.05, 0) is 40.5 Å². The number of hydrogen-bond donors (Lipinski definition) is 5. The molecule has 4 amide bonds. The van der Waals surface area contributed by atoms with E-state index in [1.807, 2.05) is 13.0 Å². The Bertz CT molecular complexity index is 803. The van der Waals surface area contributed by atoms with Crippen molar-refractivity contribution in [2.24, 2.45) is 5.92 Å². The van der Waals surface area contributed by atoms with Crippen LogP contribution in [0.5, 0.6) is 0 Å². The van der Waals surface area contributed by atoms with Gasteiger partial charge in [-0.2, -0.15) is 11.8 Å². The quantitative estimate of drug-likeness (QED) is 0.222. The molecule has 11 nitrogen and oxygen atoms in total. The minimum absolute atomic E-state index is 0.0258. The van der Waals surface area contributed by atoms with Gasteiger partial charge in [-0.3, -0.25) is 14.4 Å². The molecule has 0 aromatic heterocycles. The van der Waals surface area contributed by atoms with Crippen LogP contribution in [-0.4, -0.2) is 90.0 Å². The number of carbonyl (C=O) groups is 4. The lowest BCUT2D eigenvalue weighted by molar-refractivity contribution is -0.130. The Kier molecular flexibility index (Phi) is 15.4. The predicted molar refractivity (Wildman–Crippen MR) is 148 cm³/mol. The van der Waals surface area contributed by atoms with Crippen LogP contribution in [0.4, 0.5) is 4.79 Å². The Labute approximate surface area is 230 Å². The third-order valence-electron chi connectivity index (χ3n) is 5.60. The Hall–Kier alpha value is -2.31. The molecule has 0 fully saturated rings. The van der Waals surface area contributed by atoms with Gasteiger partial charge in [0.1, 0.15) is 17.7 Å². The molecule has 1 aliphatic heterocycles. The van der Waals surface area contributed by atoms with Gasteiger partial charge in [-0.1, -0.05) is 32.4 Å². The Morgan fingerprint density at radius 2 is 1.95 bits per heavy atom. The summed E-state index contributed by atoms with van der Waals surface area (Å²) in [4.78, 5) is 50.5. The molecule has 1 heterocycles. The highest BCUT2D eigenvalue weighted by molar-refractivity contribution is 7.99. The van der Waals surface area contributed by atoms with Crippen molar-refractivity contribution in [1.82, 2.24) is 21.3 Å². The van der Waals surface area contributed by atoms with Crippen LogP contribution in [0, 0.1) is 5.92 Å². The van der Waals surface area contributed by atoms with Crippen molar-refractivity contribution < 1.29 is 33.8 Å². The number of ether oxygens (including phenoxy) is 2. The van der Waals surface area contributed by atoms with E-state index >= 15 is 0 Å². The minimum Gasteiger partial charge on any atom is -0.444 e. The molecule has 38 heavy (non-hydrogen) atoms. The van der Waals surface area contributed by atoms with Crippen molar-refractivity contribution >= 4 is 35.6 Å². The summed E-state index contributed by atoms with van der Waals surface area (Å²) in [5.41, 5.74) is -0.729. The smallest absolute Gasteiger partial charge is 0.408 e. The van der Waals surface area contributed by atoms with Crippen LogP contribution in [0.1, 0.15) is 60.8 Å². The van der Waals surface area contributed by atoms with Crippen LogP contribution in [0.2, 0.25) is 0 Å². The first-order chi connectivity index (χ1) is 17.8. The number of amides is 4. The Balaban J connectivity index is 2.90. The molecule has 0 saturated heterocycles. The summed E-state index contributed by atoms with van der Waals surface area (Å²) >= 11 is 1.43. The maximum atomic E-state index is 12.9. The second-order valence-corrected chi connectivity index (χ2v) is 11.5. The predicted octanol–water partition coefficient (Wildman–Crippen LogP) is 1.49. The minimum atomic E-state index is -1.05. The van der Waals surface area contributed by atoms with Crippen LogP contribution in [0.25, 0.3) is 0 Å².